The van der Waals surface area contributed by atoms with Gasteiger partial charge in [-0.15, -0.1) is 0 Å². The fourth-order valence-electron chi connectivity index (χ4n) is 3.39. The van der Waals surface area contributed by atoms with Gasteiger partial charge in [0.1, 0.15) is 5.82 Å². The Morgan fingerprint density at radius 3 is 2.62 bits per heavy atom. The van der Waals surface area contributed by atoms with Gasteiger partial charge >= 0.3 is 0 Å². The van der Waals surface area contributed by atoms with Crippen LogP contribution >= 0.6 is 0 Å². The fraction of sp³-hybridized carbons (Fsp3) is 0.409. The highest BCUT2D eigenvalue weighted by atomic mass is 15.3. The lowest BCUT2D eigenvalue weighted by Crippen LogP contribution is -2.37. The molecule has 154 valence electrons. The maximum absolute atomic E-state index is 4.62. The minimum absolute atomic E-state index is 0.683. The molecule has 0 spiro atoms. The molecule has 0 amide bonds. The van der Waals surface area contributed by atoms with Gasteiger partial charge in [-0.25, -0.2) is 9.67 Å². The molecule has 7 heteroatoms. The molecule has 0 bridgehead atoms. The van der Waals surface area contributed by atoms with Gasteiger partial charge in [0.05, 0.1) is 11.4 Å². The summed E-state index contributed by atoms with van der Waals surface area (Å²) >= 11 is 0. The van der Waals surface area contributed by atoms with Gasteiger partial charge in [-0.05, 0) is 51.3 Å². The molecule has 29 heavy (non-hydrogen) atoms. The van der Waals surface area contributed by atoms with Crippen LogP contribution in [0.3, 0.4) is 0 Å². The van der Waals surface area contributed by atoms with Crippen LogP contribution in [-0.4, -0.2) is 38.9 Å². The summed E-state index contributed by atoms with van der Waals surface area (Å²) in [5.41, 5.74) is 4.42. The highest BCUT2D eigenvalue weighted by Gasteiger charge is 2.09. The molecule has 0 saturated carbocycles. The van der Waals surface area contributed by atoms with Crippen LogP contribution in [-0.2, 0) is 13.1 Å². The van der Waals surface area contributed by atoms with Gasteiger partial charge in [-0.2, -0.15) is 5.10 Å². The number of para-hydroxylation sites is 1. The molecule has 0 radical (unpaired) electrons. The highest BCUT2D eigenvalue weighted by molar-refractivity contribution is 5.79. The number of hydrogen-bond acceptors (Lipinski definition) is 3. The molecular formula is C22H31N7. The van der Waals surface area contributed by atoms with Gasteiger partial charge < -0.3 is 15.2 Å². The Kier molecular flexibility index (Phi) is 7.05. The first-order chi connectivity index (χ1) is 14.1. The van der Waals surface area contributed by atoms with Crippen LogP contribution in [0.15, 0.2) is 47.7 Å². The Hall–Kier alpha value is -3.09. The minimum atomic E-state index is 0.683. The Morgan fingerprint density at radius 2 is 1.93 bits per heavy atom. The number of aliphatic imine (C=N–C) groups is 1. The lowest BCUT2D eigenvalue weighted by molar-refractivity contribution is 0.588. The van der Waals surface area contributed by atoms with Crippen molar-refractivity contribution in [3.05, 3.63) is 65.5 Å². The van der Waals surface area contributed by atoms with Gasteiger partial charge in [0.15, 0.2) is 5.96 Å². The van der Waals surface area contributed by atoms with E-state index >= 15 is 0 Å². The summed E-state index contributed by atoms with van der Waals surface area (Å²) in [4.78, 5) is 8.60. The van der Waals surface area contributed by atoms with Gasteiger partial charge in [0.25, 0.3) is 0 Å². The summed E-state index contributed by atoms with van der Waals surface area (Å²) in [6.45, 7) is 8.69. The van der Waals surface area contributed by atoms with Crippen molar-refractivity contribution in [3.8, 4) is 5.69 Å². The molecule has 0 saturated heterocycles. The molecule has 2 aromatic heterocycles. The van der Waals surface area contributed by atoms with E-state index in [1.54, 1.807) is 7.05 Å². The molecule has 0 unspecified atom stereocenters. The Bertz CT molecular complexity index is 952. The van der Waals surface area contributed by atoms with Crippen LogP contribution in [0.25, 0.3) is 5.69 Å². The number of guanidine groups is 1. The monoisotopic (exact) mass is 393 g/mol. The summed E-state index contributed by atoms with van der Waals surface area (Å²) in [5.74, 6) is 1.88. The zero-order valence-electron chi connectivity index (χ0n) is 17.8. The van der Waals surface area contributed by atoms with Crippen molar-refractivity contribution in [2.45, 2.75) is 46.7 Å². The summed E-state index contributed by atoms with van der Waals surface area (Å²) in [6, 6.07) is 10.4. The molecule has 2 heterocycles. The number of hydrogen-bond donors (Lipinski definition) is 2. The average molecular weight is 394 g/mol. The number of aryl methyl sites for hydroxylation is 4. The topological polar surface area (TPSA) is 72.1 Å². The standard InChI is InChI=1S/C22H31N7/c1-17-15-18(2)29(27-17)21-10-6-5-9-20(21)16-26-22(23-4)25-11-7-8-13-28-14-12-24-19(28)3/h5-6,9-10,12,14-15H,7-8,11,13,16H2,1-4H3,(H2,23,25,26). The largest absolute Gasteiger partial charge is 0.356 e. The van der Waals surface area contributed by atoms with E-state index in [2.05, 4.69) is 61.5 Å². The van der Waals surface area contributed by atoms with Crippen molar-refractivity contribution in [2.75, 3.05) is 13.6 Å². The number of rotatable bonds is 8. The molecule has 7 nitrogen and oxygen atoms in total. The predicted octanol–water partition coefficient (Wildman–Crippen LogP) is 3.14. The second-order valence-corrected chi connectivity index (χ2v) is 7.20. The van der Waals surface area contributed by atoms with Crippen LogP contribution in [0.5, 0.6) is 0 Å². The third kappa shape index (κ3) is 5.47. The molecule has 0 aliphatic heterocycles. The number of unbranched alkanes of at least 4 members (excludes halogenated alkanes) is 1. The smallest absolute Gasteiger partial charge is 0.191 e. The van der Waals surface area contributed by atoms with Gasteiger partial charge in [0, 0.05) is 44.8 Å². The quantitative estimate of drug-likeness (QED) is 0.350. The lowest BCUT2D eigenvalue weighted by atomic mass is 10.1. The number of benzene rings is 1. The van der Waals surface area contributed by atoms with Crippen molar-refractivity contribution in [3.63, 3.8) is 0 Å². The molecule has 2 N–H and O–H groups in total. The van der Waals surface area contributed by atoms with Crippen molar-refractivity contribution >= 4 is 5.96 Å². The Labute approximate surface area is 172 Å². The van der Waals surface area contributed by atoms with Crippen molar-refractivity contribution in [1.82, 2.24) is 30.0 Å². The molecule has 3 rings (SSSR count). The third-order valence-corrected chi connectivity index (χ3v) is 4.94. The molecule has 0 aliphatic carbocycles. The van der Waals surface area contributed by atoms with E-state index in [0.29, 0.717) is 6.54 Å². The Balaban J connectivity index is 1.50. The summed E-state index contributed by atoms with van der Waals surface area (Å²) in [7, 11) is 1.80. The van der Waals surface area contributed by atoms with E-state index in [1.807, 2.05) is 37.0 Å². The maximum atomic E-state index is 4.62. The second kappa shape index (κ2) is 9.91. The Morgan fingerprint density at radius 1 is 1.10 bits per heavy atom. The third-order valence-electron chi connectivity index (χ3n) is 4.94. The predicted molar refractivity (Wildman–Crippen MR) is 117 cm³/mol. The number of imidazole rings is 1. The molecule has 0 fully saturated rings. The summed E-state index contributed by atoms with van der Waals surface area (Å²) in [6.07, 6.45) is 6.05. The molecule has 0 atom stereocenters. The van der Waals surface area contributed by atoms with Crippen LogP contribution in [0, 0.1) is 20.8 Å². The zero-order chi connectivity index (χ0) is 20.6. The second-order valence-electron chi connectivity index (χ2n) is 7.20. The van der Waals surface area contributed by atoms with Crippen LogP contribution in [0.2, 0.25) is 0 Å². The fourth-order valence-corrected chi connectivity index (χ4v) is 3.39. The van der Waals surface area contributed by atoms with Gasteiger partial charge in [0.2, 0.25) is 0 Å². The van der Waals surface area contributed by atoms with E-state index in [9.17, 15) is 0 Å². The summed E-state index contributed by atoms with van der Waals surface area (Å²) in [5, 5.41) is 11.4. The average Bonchev–Trinajstić information content (AvgIpc) is 3.28. The first-order valence-electron chi connectivity index (χ1n) is 10.1. The van der Waals surface area contributed by atoms with E-state index < -0.39 is 0 Å². The van der Waals surface area contributed by atoms with E-state index in [0.717, 1.165) is 54.8 Å². The molecule has 0 aliphatic rings. The normalized spacial score (nSPS) is 11.7. The summed E-state index contributed by atoms with van der Waals surface area (Å²) < 4.78 is 4.18. The zero-order valence-corrected chi connectivity index (χ0v) is 17.8. The number of nitrogens with zero attached hydrogens (tertiary/aromatic N) is 5. The van der Waals surface area contributed by atoms with Gasteiger partial charge in [-0.1, -0.05) is 18.2 Å². The number of aromatic nitrogens is 4. The van der Waals surface area contributed by atoms with E-state index in [4.69, 9.17) is 0 Å². The molecule has 3 aromatic rings. The lowest BCUT2D eigenvalue weighted by Gasteiger charge is -2.15. The van der Waals surface area contributed by atoms with Gasteiger partial charge in [-0.3, -0.25) is 4.99 Å². The van der Waals surface area contributed by atoms with E-state index in [1.165, 1.54) is 5.56 Å². The van der Waals surface area contributed by atoms with Crippen molar-refractivity contribution < 1.29 is 0 Å². The maximum Gasteiger partial charge on any atom is 0.191 e. The first-order valence-corrected chi connectivity index (χ1v) is 10.1. The van der Waals surface area contributed by atoms with Crippen LogP contribution < -0.4 is 10.6 Å². The molecular weight excluding hydrogens is 362 g/mol. The van der Waals surface area contributed by atoms with E-state index in [-0.39, 0.29) is 0 Å². The SMILES string of the molecule is CN=C(NCCCCn1ccnc1C)NCc1ccccc1-n1nc(C)cc1C. The first kappa shape index (κ1) is 20.6. The molecule has 1 aromatic carbocycles. The van der Waals surface area contributed by atoms with Crippen LogP contribution in [0.1, 0.15) is 35.6 Å². The highest BCUT2D eigenvalue weighted by Crippen LogP contribution is 2.16. The number of nitrogens with one attached hydrogen (secondary N) is 2. The van der Waals surface area contributed by atoms with Crippen molar-refractivity contribution in [2.24, 2.45) is 4.99 Å². The van der Waals surface area contributed by atoms with Crippen LogP contribution in [0.4, 0.5) is 0 Å². The minimum Gasteiger partial charge on any atom is -0.356 e. The van der Waals surface area contributed by atoms with Crippen molar-refractivity contribution in [1.29, 1.82) is 0 Å².